The molecule has 2 aromatic carbocycles. The van der Waals surface area contributed by atoms with Crippen molar-refractivity contribution in [2.45, 2.75) is 90.4 Å². The van der Waals surface area contributed by atoms with E-state index in [1.807, 2.05) is 65.6 Å². The zero-order valence-electron chi connectivity index (χ0n) is 28.3. The highest BCUT2D eigenvalue weighted by Crippen LogP contribution is 2.26. The van der Waals surface area contributed by atoms with E-state index in [9.17, 15) is 19.2 Å². The number of carbonyl (C=O) groups is 4. The van der Waals surface area contributed by atoms with Crippen LogP contribution in [0.5, 0.6) is 0 Å². The molecule has 0 aliphatic carbocycles. The van der Waals surface area contributed by atoms with E-state index in [1.165, 1.54) is 0 Å². The second-order valence-electron chi connectivity index (χ2n) is 13.8. The van der Waals surface area contributed by atoms with Crippen molar-refractivity contribution >= 4 is 29.6 Å². The Morgan fingerprint density at radius 2 is 1.55 bits per heavy atom. The minimum absolute atomic E-state index is 0.0221. The fraction of sp³-hybridized carbons (Fsp3) is 0.472. The lowest BCUT2D eigenvalue weighted by Gasteiger charge is -2.33. The van der Waals surface area contributed by atoms with Crippen molar-refractivity contribution < 1.29 is 23.9 Å². The summed E-state index contributed by atoms with van der Waals surface area (Å²) in [4.78, 5) is 59.7. The number of hydrogen-bond donors (Lipinski definition) is 3. The summed E-state index contributed by atoms with van der Waals surface area (Å²) in [6.45, 7) is 11.9. The van der Waals surface area contributed by atoms with Crippen LogP contribution in [0, 0.1) is 5.92 Å². The van der Waals surface area contributed by atoms with Gasteiger partial charge in [0.25, 0.3) is 0 Å². The van der Waals surface area contributed by atoms with Gasteiger partial charge in [0.05, 0.1) is 6.33 Å². The van der Waals surface area contributed by atoms with Gasteiger partial charge in [0.1, 0.15) is 23.2 Å². The number of aromatic nitrogens is 2. The van der Waals surface area contributed by atoms with Crippen LogP contribution in [0.15, 0.2) is 73.2 Å². The van der Waals surface area contributed by atoms with Gasteiger partial charge in [-0.25, -0.2) is 9.78 Å². The first-order chi connectivity index (χ1) is 22.2. The monoisotopic (exact) mass is 644 g/mol. The van der Waals surface area contributed by atoms with Gasteiger partial charge in [-0.2, -0.15) is 0 Å². The molecule has 0 saturated carbocycles. The molecule has 2 unspecified atom stereocenters. The lowest BCUT2D eigenvalue weighted by molar-refractivity contribution is -0.135. The van der Waals surface area contributed by atoms with Crippen LogP contribution in [0.4, 0.5) is 10.6 Å². The first-order valence-electron chi connectivity index (χ1n) is 16.3. The van der Waals surface area contributed by atoms with Crippen LogP contribution >= 0.6 is 0 Å². The smallest absolute Gasteiger partial charge is 0.408 e. The highest BCUT2D eigenvalue weighted by atomic mass is 16.6. The van der Waals surface area contributed by atoms with Crippen molar-refractivity contribution in [1.82, 2.24) is 25.1 Å². The summed E-state index contributed by atoms with van der Waals surface area (Å²) in [7, 11) is 0. The Morgan fingerprint density at radius 3 is 2.17 bits per heavy atom. The molecule has 3 aromatic rings. The van der Waals surface area contributed by atoms with E-state index in [0.29, 0.717) is 31.8 Å². The van der Waals surface area contributed by atoms with E-state index < -0.39 is 41.1 Å². The molecule has 1 aromatic heterocycles. The van der Waals surface area contributed by atoms with Crippen LogP contribution in [0.1, 0.15) is 78.0 Å². The molecule has 4 amide bonds. The van der Waals surface area contributed by atoms with Gasteiger partial charge >= 0.3 is 6.09 Å². The Balaban J connectivity index is 1.52. The van der Waals surface area contributed by atoms with Crippen LogP contribution in [0.25, 0.3) is 0 Å². The van der Waals surface area contributed by atoms with Gasteiger partial charge in [0, 0.05) is 19.3 Å². The number of piperidine rings is 1. The van der Waals surface area contributed by atoms with Gasteiger partial charge in [-0.15, -0.1) is 0 Å². The summed E-state index contributed by atoms with van der Waals surface area (Å²) >= 11 is 0. The first-order valence-corrected chi connectivity index (χ1v) is 16.3. The summed E-state index contributed by atoms with van der Waals surface area (Å²) < 4.78 is 7.05. The number of amides is 4. The Labute approximate surface area is 277 Å². The highest BCUT2D eigenvalue weighted by molar-refractivity contribution is 5.98. The number of hydrogen-bond acceptors (Lipinski definition) is 6. The predicted molar refractivity (Wildman–Crippen MR) is 181 cm³/mol. The third-order valence-corrected chi connectivity index (χ3v) is 8.16. The van der Waals surface area contributed by atoms with Crippen LogP contribution < -0.4 is 16.0 Å². The second kappa shape index (κ2) is 15.3. The molecule has 1 fully saturated rings. The largest absolute Gasteiger partial charge is 0.444 e. The zero-order valence-corrected chi connectivity index (χ0v) is 28.3. The molecule has 0 bridgehead atoms. The molecule has 1 aliphatic heterocycles. The van der Waals surface area contributed by atoms with Gasteiger partial charge in [-0.05, 0) is 77.3 Å². The summed E-state index contributed by atoms with van der Waals surface area (Å²) in [5.74, 6) is -0.210. The predicted octanol–water partition coefficient (Wildman–Crippen LogP) is 5.09. The standard InChI is InChI=1S/C36H48N6O5/c1-25-19-21-41(22-20-25)32(44)30(27-15-11-8-12-16-27)42-23-29(37-24-42)39-31(43)28(18-17-26-13-9-7-10-14-26)38-33(45)36(5,6)40-34(46)47-35(2,3)4/h7-16,23-25,28,30H,17-22H2,1-6H3,(H,38,45)(H,39,43)(H,40,46). The van der Waals surface area contributed by atoms with Gasteiger partial charge in [-0.1, -0.05) is 67.6 Å². The Morgan fingerprint density at radius 1 is 0.936 bits per heavy atom. The van der Waals surface area contributed by atoms with Crippen molar-refractivity contribution in [2.75, 3.05) is 18.4 Å². The number of ether oxygens (including phenoxy) is 1. The van der Waals surface area contributed by atoms with Gasteiger partial charge in [0.15, 0.2) is 5.82 Å². The molecule has 1 aliphatic rings. The lowest BCUT2D eigenvalue weighted by atomic mass is 9.97. The maximum Gasteiger partial charge on any atom is 0.408 e. The molecule has 4 rings (SSSR count). The molecule has 11 heteroatoms. The molecule has 0 spiro atoms. The normalized spacial score (nSPS) is 15.3. The quantitative estimate of drug-likeness (QED) is 0.266. The summed E-state index contributed by atoms with van der Waals surface area (Å²) in [6, 6.07) is 17.6. The SMILES string of the molecule is CC1CCN(C(=O)C(c2ccccc2)n2cnc(NC(=O)C(CCc3ccccc3)NC(=O)C(C)(C)NC(=O)OC(C)(C)C)c2)CC1. The molecule has 2 atom stereocenters. The fourth-order valence-corrected chi connectivity index (χ4v) is 5.41. The van der Waals surface area contributed by atoms with Crippen LogP contribution in [0.3, 0.4) is 0 Å². The molecule has 3 N–H and O–H groups in total. The van der Waals surface area contributed by atoms with E-state index in [0.717, 1.165) is 24.0 Å². The number of benzene rings is 2. The molecular formula is C36H48N6O5. The number of anilines is 1. The van der Waals surface area contributed by atoms with Crippen molar-refractivity contribution in [3.05, 3.63) is 84.3 Å². The Bertz CT molecular complexity index is 1510. The van der Waals surface area contributed by atoms with Gasteiger partial charge in [0.2, 0.25) is 17.7 Å². The second-order valence-corrected chi connectivity index (χ2v) is 13.8. The van der Waals surface area contributed by atoms with E-state index >= 15 is 0 Å². The van der Waals surface area contributed by atoms with E-state index in [-0.39, 0.29) is 11.7 Å². The van der Waals surface area contributed by atoms with Crippen LogP contribution in [-0.2, 0) is 25.5 Å². The van der Waals surface area contributed by atoms with Crippen molar-refractivity contribution in [3.8, 4) is 0 Å². The van der Waals surface area contributed by atoms with Gasteiger partial charge < -0.3 is 30.2 Å². The van der Waals surface area contributed by atoms with Crippen molar-refractivity contribution in [3.63, 3.8) is 0 Å². The molecule has 1 saturated heterocycles. The first kappa shape index (κ1) is 35.2. The minimum atomic E-state index is -1.37. The third-order valence-electron chi connectivity index (χ3n) is 8.16. The molecule has 11 nitrogen and oxygen atoms in total. The fourth-order valence-electron chi connectivity index (χ4n) is 5.41. The van der Waals surface area contributed by atoms with Crippen LogP contribution in [-0.4, -0.2) is 68.5 Å². The maximum absolute atomic E-state index is 13.8. The minimum Gasteiger partial charge on any atom is -0.444 e. The number of carbonyl (C=O) groups excluding carboxylic acids is 4. The number of nitrogens with zero attached hydrogens (tertiary/aromatic N) is 3. The molecular weight excluding hydrogens is 596 g/mol. The van der Waals surface area contributed by atoms with E-state index in [4.69, 9.17) is 4.74 Å². The summed E-state index contributed by atoms with van der Waals surface area (Å²) in [5, 5.41) is 8.25. The van der Waals surface area contributed by atoms with Gasteiger partial charge in [-0.3, -0.25) is 14.4 Å². The number of alkyl carbamates (subject to hydrolysis) is 1. The maximum atomic E-state index is 13.8. The third kappa shape index (κ3) is 10.2. The summed E-state index contributed by atoms with van der Waals surface area (Å²) in [5.41, 5.74) is -0.287. The van der Waals surface area contributed by atoms with E-state index in [2.05, 4.69) is 27.9 Å². The Hall–Kier alpha value is -4.67. The number of rotatable bonds is 11. The number of nitrogens with one attached hydrogen (secondary N) is 3. The average molecular weight is 645 g/mol. The highest BCUT2D eigenvalue weighted by Gasteiger charge is 2.35. The molecule has 0 radical (unpaired) electrons. The van der Waals surface area contributed by atoms with Crippen molar-refractivity contribution in [2.24, 2.45) is 5.92 Å². The molecule has 252 valence electrons. The van der Waals surface area contributed by atoms with Crippen LogP contribution in [0.2, 0.25) is 0 Å². The number of aryl methyl sites for hydroxylation is 1. The topological polar surface area (TPSA) is 135 Å². The lowest BCUT2D eigenvalue weighted by Crippen LogP contribution is -2.59. The summed E-state index contributed by atoms with van der Waals surface area (Å²) in [6.07, 6.45) is 5.18. The number of likely N-dealkylation sites (tertiary alicyclic amines) is 1. The number of imidazole rings is 1. The van der Waals surface area contributed by atoms with E-state index in [1.54, 1.807) is 51.7 Å². The molecule has 47 heavy (non-hydrogen) atoms. The van der Waals surface area contributed by atoms with Crippen molar-refractivity contribution in [1.29, 1.82) is 0 Å². The Kier molecular flexibility index (Phi) is 11.4. The molecule has 2 heterocycles. The zero-order chi connectivity index (χ0) is 34.2. The average Bonchev–Trinajstić information content (AvgIpc) is 3.46.